The molecule has 0 amide bonds. The molecule has 0 aliphatic heterocycles. The largest absolute Gasteiger partial charge is 0.193 e. The number of hydrogen-bond donors (Lipinski definition) is 0. The molecular formula is C12H12ClN. The normalized spacial score (nSPS) is 11.9. The molecule has 0 heterocycles. The number of rotatable bonds is 1. The van der Waals surface area contributed by atoms with Crippen molar-refractivity contribution in [2.45, 2.75) is 20.8 Å². The quantitative estimate of drug-likeness (QED) is 0.640. The summed E-state index contributed by atoms with van der Waals surface area (Å²) in [5.74, 6) is 0. The molecule has 0 spiro atoms. The second-order valence-electron chi connectivity index (χ2n) is 3.43. The molecule has 0 unspecified atom stereocenters. The van der Waals surface area contributed by atoms with Crippen molar-refractivity contribution in [3.63, 3.8) is 0 Å². The van der Waals surface area contributed by atoms with Crippen LogP contribution >= 0.6 is 11.6 Å². The summed E-state index contributed by atoms with van der Waals surface area (Å²) < 4.78 is 0. The van der Waals surface area contributed by atoms with Gasteiger partial charge >= 0.3 is 0 Å². The van der Waals surface area contributed by atoms with Crippen LogP contribution in [0.15, 0.2) is 23.8 Å². The van der Waals surface area contributed by atoms with Crippen LogP contribution in [0.3, 0.4) is 0 Å². The van der Waals surface area contributed by atoms with Gasteiger partial charge in [-0.15, -0.1) is 0 Å². The Hall–Kier alpha value is -1.26. The van der Waals surface area contributed by atoms with E-state index in [1.165, 1.54) is 0 Å². The van der Waals surface area contributed by atoms with E-state index in [1.54, 1.807) is 6.92 Å². The molecule has 0 fully saturated rings. The van der Waals surface area contributed by atoms with Gasteiger partial charge in [0.15, 0.2) is 0 Å². The average molecular weight is 206 g/mol. The molecule has 1 aromatic rings. The predicted octanol–water partition coefficient (Wildman–Crippen LogP) is 3.80. The Morgan fingerprint density at radius 2 is 1.71 bits per heavy atom. The molecule has 0 aliphatic carbocycles. The Bertz CT molecular complexity index is 404. The Morgan fingerprint density at radius 3 is 2.14 bits per heavy atom. The van der Waals surface area contributed by atoms with Gasteiger partial charge in [0.1, 0.15) is 0 Å². The molecule has 0 aliphatic rings. The molecule has 0 atom stereocenters. The smallest absolute Gasteiger partial charge is 0.0959 e. The third-order valence-corrected chi connectivity index (χ3v) is 2.47. The van der Waals surface area contributed by atoms with Gasteiger partial charge in [0.2, 0.25) is 0 Å². The number of halogens is 1. The fraction of sp³-hybridized carbons (Fsp3) is 0.250. The Labute approximate surface area is 89.6 Å². The summed E-state index contributed by atoms with van der Waals surface area (Å²) in [4.78, 5) is 0. The number of allylic oxidation sites excluding steroid dienone is 1. The van der Waals surface area contributed by atoms with Crippen molar-refractivity contribution in [3.8, 4) is 6.07 Å². The van der Waals surface area contributed by atoms with Crippen molar-refractivity contribution in [1.82, 2.24) is 0 Å². The standard InChI is InChI=1S/C12H12ClN/c1-8-4-9(2)6-11(5-8)12(13)10(3)7-14/h4-6H,1-3H3. The van der Waals surface area contributed by atoms with Gasteiger partial charge in [-0.05, 0) is 26.3 Å². The monoisotopic (exact) mass is 205 g/mol. The molecule has 0 aromatic heterocycles. The van der Waals surface area contributed by atoms with Crippen LogP contribution in [0.25, 0.3) is 5.03 Å². The molecular weight excluding hydrogens is 194 g/mol. The van der Waals surface area contributed by atoms with Crippen LogP contribution < -0.4 is 0 Å². The van der Waals surface area contributed by atoms with Crippen LogP contribution in [0.4, 0.5) is 0 Å². The molecule has 0 saturated heterocycles. The average Bonchev–Trinajstić information content (AvgIpc) is 2.14. The van der Waals surface area contributed by atoms with Crippen molar-refractivity contribution < 1.29 is 0 Å². The van der Waals surface area contributed by atoms with Crippen molar-refractivity contribution in [2.24, 2.45) is 0 Å². The minimum Gasteiger partial charge on any atom is -0.193 e. The van der Waals surface area contributed by atoms with Crippen LogP contribution in [0.1, 0.15) is 23.6 Å². The SMILES string of the molecule is CC(C#N)=C(Cl)c1cc(C)cc(C)c1. The zero-order valence-electron chi connectivity index (χ0n) is 8.56. The number of benzene rings is 1. The maximum Gasteiger partial charge on any atom is 0.0959 e. The zero-order chi connectivity index (χ0) is 10.7. The lowest BCUT2D eigenvalue weighted by molar-refractivity contribution is 1.36. The van der Waals surface area contributed by atoms with Gasteiger partial charge in [-0.25, -0.2) is 0 Å². The molecule has 1 nitrogen and oxygen atoms in total. The third-order valence-electron chi connectivity index (χ3n) is 1.97. The van der Waals surface area contributed by atoms with E-state index < -0.39 is 0 Å². The molecule has 72 valence electrons. The molecule has 0 saturated carbocycles. The van der Waals surface area contributed by atoms with E-state index in [2.05, 4.69) is 6.07 Å². The zero-order valence-corrected chi connectivity index (χ0v) is 9.31. The number of nitriles is 1. The van der Waals surface area contributed by atoms with Crippen molar-refractivity contribution in [1.29, 1.82) is 5.26 Å². The fourth-order valence-corrected chi connectivity index (χ4v) is 1.52. The van der Waals surface area contributed by atoms with E-state index in [0.29, 0.717) is 10.6 Å². The van der Waals surface area contributed by atoms with Crippen molar-refractivity contribution >= 4 is 16.6 Å². The van der Waals surface area contributed by atoms with Gasteiger partial charge in [0, 0.05) is 5.57 Å². The van der Waals surface area contributed by atoms with Crippen molar-refractivity contribution in [3.05, 3.63) is 40.5 Å². The van der Waals surface area contributed by atoms with E-state index in [1.807, 2.05) is 32.0 Å². The summed E-state index contributed by atoms with van der Waals surface area (Å²) in [7, 11) is 0. The van der Waals surface area contributed by atoms with Crippen LogP contribution in [0.2, 0.25) is 0 Å². The minimum atomic E-state index is 0.541. The molecule has 0 N–H and O–H groups in total. The van der Waals surface area contributed by atoms with Crippen LogP contribution in [-0.4, -0.2) is 0 Å². The molecule has 2 heteroatoms. The van der Waals surface area contributed by atoms with Crippen LogP contribution in [0.5, 0.6) is 0 Å². The number of aryl methyl sites for hydroxylation is 2. The summed E-state index contributed by atoms with van der Waals surface area (Å²) in [6.07, 6.45) is 0. The second kappa shape index (κ2) is 4.30. The van der Waals surface area contributed by atoms with Crippen LogP contribution in [-0.2, 0) is 0 Å². The highest BCUT2D eigenvalue weighted by Crippen LogP contribution is 2.24. The second-order valence-corrected chi connectivity index (χ2v) is 3.81. The summed E-state index contributed by atoms with van der Waals surface area (Å²) in [6.45, 7) is 5.75. The fourth-order valence-electron chi connectivity index (χ4n) is 1.37. The maximum atomic E-state index is 8.71. The molecule has 1 aromatic carbocycles. The third kappa shape index (κ3) is 2.37. The highest BCUT2D eigenvalue weighted by molar-refractivity contribution is 6.49. The highest BCUT2D eigenvalue weighted by Gasteiger charge is 2.03. The number of nitrogens with zero attached hydrogens (tertiary/aromatic N) is 1. The Morgan fingerprint density at radius 1 is 1.21 bits per heavy atom. The lowest BCUT2D eigenvalue weighted by atomic mass is 10.1. The van der Waals surface area contributed by atoms with Crippen LogP contribution in [0, 0.1) is 25.2 Å². The van der Waals surface area contributed by atoms with Gasteiger partial charge < -0.3 is 0 Å². The Kier molecular flexibility index (Phi) is 3.33. The van der Waals surface area contributed by atoms with Gasteiger partial charge in [-0.1, -0.05) is 40.9 Å². The topological polar surface area (TPSA) is 23.8 Å². The van der Waals surface area contributed by atoms with E-state index in [0.717, 1.165) is 16.7 Å². The summed E-state index contributed by atoms with van der Waals surface area (Å²) >= 11 is 6.06. The molecule has 0 bridgehead atoms. The molecule has 1 rings (SSSR count). The minimum absolute atomic E-state index is 0.541. The first-order valence-electron chi connectivity index (χ1n) is 4.39. The molecule has 0 radical (unpaired) electrons. The Balaban J connectivity index is 3.28. The van der Waals surface area contributed by atoms with E-state index in [4.69, 9.17) is 16.9 Å². The summed E-state index contributed by atoms with van der Waals surface area (Å²) in [5.41, 5.74) is 3.78. The predicted molar refractivity (Wildman–Crippen MR) is 60.0 cm³/mol. The highest BCUT2D eigenvalue weighted by atomic mass is 35.5. The maximum absolute atomic E-state index is 8.71. The molecule has 14 heavy (non-hydrogen) atoms. The lowest BCUT2D eigenvalue weighted by Crippen LogP contribution is -1.85. The number of hydrogen-bond acceptors (Lipinski definition) is 1. The first-order chi connectivity index (χ1) is 6.54. The first kappa shape index (κ1) is 10.8. The van der Waals surface area contributed by atoms with E-state index in [9.17, 15) is 0 Å². The first-order valence-corrected chi connectivity index (χ1v) is 4.77. The lowest BCUT2D eigenvalue weighted by Gasteiger charge is -2.04. The summed E-state index contributed by atoms with van der Waals surface area (Å²) in [5, 5.41) is 9.25. The van der Waals surface area contributed by atoms with Gasteiger partial charge in [0.05, 0.1) is 11.1 Å². The van der Waals surface area contributed by atoms with Gasteiger partial charge in [-0.3, -0.25) is 0 Å². The van der Waals surface area contributed by atoms with Gasteiger partial charge in [-0.2, -0.15) is 5.26 Å². The van der Waals surface area contributed by atoms with Crippen molar-refractivity contribution in [2.75, 3.05) is 0 Å². The van der Waals surface area contributed by atoms with E-state index in [-0.39, 0.29) is 0 Å². The van der Waals surface area contributed by atoms with E-state index >= 15 is 0 Å². The van der Waals surface area contributed by atoms with Gasteiger partial charge in [0.25, 0.3) is 0 Å². The summed E-state index contributed by atoms with van der Waals surface area (Å²) in [6, 6.07) is 8.09.